The Labute approximate surface area is 138 Å². The van der Waals surface area contributed by atoms with E-state index in [1.807, 2.05) is 34.6 Å². The lowest BCUT2D eigenvalue weighted by atomic mass is 10.2. The molecule has 0 spiro atoms. The van der Waals surface area contributed by atoms with Gasteiger partial charge >= 0.3 is 6.09 Å². The molecule has 2 amide bonds. The first-order valence-corrected chi connectivity index (χ1v) is 7.90. The van der Waals surface area contributed by atoms with E-state index in [4.69, 9.17) is 4.74 Å². The summed E-state index contributed by atoms with van der Waals surface area (Å²) in [6, 6.07) is 0. The van der Waals surface area contributed by atoms with E-state index in [0.717, 1.165) is 5.69 Å². The van der Waals surface area contributed by atoms with Crippen LogP contribution in [0, 0.1) is 6.92 Å². The largest absolute Gasteiger partial charge is 0.444 e. The van der Waals surface area contributed by atoms with Crippen LogP contribution in [0.3, 0.4) is 0 Å². The molecular formula is C16H28N4O3. The lowest BCUT2D eigenvalue weighted by Gasteiger charge is -2.26. The molecule has 0 aliphatic rings. The van der Waals surface area contributed by atoms with Crippen LogP contribution in [0.4, 0.5) is 4.79 Å². The van der Waals surface area contributed by atoms with Crippen LogP contribution in [0.25, 0.3) is 0 Å². The zero-order valence-electron chi connectivity index (χ0n) is 15.0. The molecule has 0 aliphatic heterocycles. The van der Waals surface area contributed by atoms with Gasteiger partial charge in [-0.25, -0.2) is 4.79 Å². The number of nitrogens with one attached hydrogen (secondary N) is 1. The molecule has 1 rings (SSSR count). The molecule has 1 heterocycles. The molecule has 0 bridgehead atoms. The van der Waals surface area contributed by atoms with Crippen molar-refractivity contribution in [3.05, 3.63) is 17.5 Å². The fourth-order valence-corrected chi connectivity index (χ4v) is 1.99. The molecule has 7 nitrogen and oxygen atoms in total. The Bertz CT molecular complexity index is 546. The minimum absolute atomic E-state index is 0.143. The van der Waals surface area contributed by atoms with Crippen molar-refractivity contribution in [2.45, 2.75) is 46.6 Å². The summed E-state index contributed by atoms with van der Waals surface area (Å²) in [6.07, 6.45) is 1.90. The van der Waals surface area contributed by atoms with E-state index in [9.17, 15) is 9.59 Å². The Kier molecular flexibility index (Phi) is 6.60. The van der Waals surface area contributed by atoms with Crippen molar-refractivity contribution in [1.29, 1.82) is 0 Å². The number of carbonyl (C=O) groups is 2. The smallest absolute Gasteiger partial charge is 0.410 e. The summed E-state index contributed by atoms with van der Waals surface area (Å²) >= 11 is 0. The number of aryl methyl sites for hydroxylation is 1. The Morgan fingerprint density at radius 3 is 2.52 bits per heavy atom. The van der Waals surface area contributed by atoms with Crippen LogP contribution >= 0.6 is 0 Å². The second-order valence-corrected chi connectivity index (χ2v) is 6.44. The number of carbonyl (C=O) groups excluding carboxylic acids is 2. The second kappa shape index (κ2) is 7.99. The molecule has 1 N–H and O–H groups in total. The third-order valence-corrected chi connectivity index (χ3v) is 3.40. The maximum atomic E-state index is 12.0. The number of hydrogen-bond donors (Lipinski definition) is 1. The molecule has 1 aromatic rings. The summed E-state index contributed by atoms with van der Waals surface area (Å²) in [5, 5.41) is 6.90. The first-order chi connectivity index (χ1) is 10.7. The standard InChI is InChI=1S/C16H28N4O3/c1-7-20(15(22)23-16(3,4)5)10-8-9-17-14(21)13-11-18-19(6)12(13)2/h11H,7-10H2,1-6H3,(H,17,21). The lowest BCUT2D eigenvalue weighted by Crippen LogP contribution is -2.38. The van der Waals surface area contributed by atoms with Crippen molar-refractivity contribution in [2.75, 3.05) is 19.6 Å². The maximum absolute atomic E-state index is 12.0. The molecule has 0 aromatic carbocycles. The van der Waals surface area contributed by atoms with Crippen LogP contribution in [0.2, 0.25) is 0 Å². The van der Waals surface area contributed by atoms with Gasteiger partial charge in [-0.2, -0.15) is 5.10 Å². The summed E-state index contributed by atoms with van der Waals surface area (Å²) in [6.45, 7) is 10.9. The fraction of sp³-hybridized carbons (Fsp3) is 0.688. The van der Waals surface area contributed by atoms with Crippen molar-refractivity contribution >= 4 is 12.0 Å². The summed E-state index contributed by atoms with van der Waals surface area (Å²) in [4.78, 5) is 25.7. The third kappa shape index (κ3) is 5.92. The average molecular weight is 324 g/mol. The van der Waals surface area contributed by atoms with Crippen LogP contribution in [0.5, 0.6) is 0 Å². The molecule has 0 radical (unpaired) electrons. The van der Waals surface area contributed by atoms with E-state index in [-0.39, 0.29) is 12.0 Å². The second-order valence-electron chi connectivity index (χ2n) is 6.44. The number of hydrogen-bond acceptors (Lipinski definition) is 4. The van der Waals surface area contributed by atoms with Gasteiger partial charge in [0.25, 0.3) is 5.91 Å². The molecule has 0 atom stereocenters. The first-order valence-electron chi connectivity index (χ1n) is 7.90. The number of rotatable bonds is 6. The third-order valence-electron chi connectivity index (χ3n) is 3.40. The summed E-state index contributed by atoms with van der Waals surface area (Å²) < 4.78 is 7.01. The minimum atomic E-state index is -0.503. The number of amides is 2. The molecule has 0 unspecified atom stereocenters. The van der Waals surface area contributed by atoms with Crippen molar-refractivity contribution in [3.8, 4) is 0 Å². The molecular weight excluding hydrogens is 296 g/mol. The van der Waals surface area contributed by atoms with Crippen LogP contribution in [0.1, 0.15) is 50.2 Å². The van der Waals surface area contributed by atoms with Crippen molar-refractivity contribution in [2.24, 2.45) is 7.05 Å². The van der Waals surface area contributed by atoms with Gasteiger partial charge in [-0.15, -0.1) is 0 Å². The van der Waals surface area contributed by atoms with E-state index in [1.165, 1.54) is 0 Å². The molecule has 0 aliphatic carbocycles. The Hall–Kier alpha value is -2.05. The van der Waals surface area contributed by atoms with Crippen LogP contribution < -0.4 is 5.32 Å². The van der Waals surface area contributed by atoms with Crippen LogP contribution in [-0.2, 0) is 11.8 Å². The molecule has 0 saturated carbocycles. The van der Waals surface area contributed by atoms with E-state index in [0.29, 0.717) is 31.6 Å². The van der Waals surface area contributed by atoms with Gasteiger partial charge in [-0.3, -0.25) is 9.48 Å². The Morgan fingerprint density at radius 2 is 2.04 bits per heavy atom. The zero-order valence-corrected chi connectivity index (χ0v) is 15.0. The summed E-state index contributed by atoms with van der Waals surface area (Å²) in [5.41, 5.74) is 0.898. The van der Waals surface area contributed by atoms with Crippen molar-refractivity contribution < 1.29 is 14.3 Å². The van der Waals surface area contributed by atoms with E-state index >= 15 is 0 Å². The molecule has 0 fully saturated rings. The van der Waals surface area contributed by atoms with Crippen LogP contribution in [0.15, 0.2) is 6.20 Å². The zero-order chi connectivity index (χ0) is 17.6. The van der Waals surface area contributed by atoms with Gasteiger partial charge in [0.2, 0.25) is 0 Å². The number of ether oxygens (including phenoxy) is 1. The van der Waals surface area contributed by atoms with Gasteiger partial charge in [0.15, 0.2) is 0 Å². The van der Waals surface area contributed by atoms with Crippen molar-refractivity contribution in [1.82, 2.24) is 20.0 Å². The van der Waals surface area contributed by atoms with Gasteiger partial charge in [-0.05, 0) is 41.0 Å². The minimum Gasteiger partial charge on any atom is -0.444 e. The SMILES string of the molecule is CCN(CCCNC(=O)c1cnn(C)c1C)C(=O)OC(C)(C)C. The molecule has 23 heavy (non-hydrogen) atoms. The monoisotopic (exact) mass is 324 g/mol. The van der Waals surface area contributed by atoms with E-state index in [1.54, 1.807) is 22.8 Å². The maximum Gasteiger partial charge on any atom is 0.410 e. The number of aromatic nitrogens is 2. The van der Waals surface area contributed by atoms with Gasteiger partial charge in [0.1, 0.15) is 5.60 Å². The Morgan fingerprint density at radius 1 is 1.39 bits per heavy atom. The van der Waals surface area contributed by atoms with Gasteiger partial charge in [0, 0.05) is 32.4 Å². The molecule has 1 aromatic heterocycles. The molecule has 0 saturated heterocycles. The van der Waals surface area contributed by atoms with Gasteiger partial charge < -0.3 is 15.0 Å². The predicted molar refractivity (Wildman–Crippen MR) is 88.4 cm³/mol. The normalized spacial score (nSPS) is 11.2. The van der Waals surface area contributed by atoms with E-state index < -0.39 is 5.60 Å². The van der Waals surface area contributed by atoms with Crippen molar-refractivity contribution in [3.63, 3.8) is 0 Å². The quantitative estimate of drug-likeness (QED) is 0.813. The predicted octanol–water partition coefficient (Wildman–Crippen LogP) is 2.11. The van der Waals surface area contributed by atoms with Crippen LogP contribution in [-0.4, -0.2) is 51.9 Å². The average Bonchev–Trinajstić information content (AvgIpc) is 2.77. The first kappa shape index (κ1) is 19.0. The molecule has 7 heteroatoms. The molecule has 130 valence electrons. The fourth-order valence-electron chi connectivity index (χ4n) is 1.99. The number of nitrogens with zero attached hydrogens (tertiary/aromatic N) is 3. The van der Waals surface area contributed by atoms with Gasteiger partial charge in [-0.1, -0.05) is 0 Å². The highest BCUT2D eigenvalue weighted by Gasteiger charge is 2.20. The topological polar surface area (TPSA) is 76.5 Å². The summed E-state index contributed by atoms with van der Waals surface area (Å²) in [5.74, 6) is -0.143. The Balaban J connectivity index is 2.39. The lowest BCUT2D eigenvalue weighted by molar-refractivity contribution is 0.0259. The highest BCUT2D eigenvalue weighted by atomic mass is 16.6. The highest BCUT2D eigenvalue weighted by molar-refractivity contribution is 5.94. The van der Waals surface area contributed by atoms with Gasteiger partial charge in [0.05, 0.1) is 11.8 Å². The van der Waals surface area contributed by atoms with E-state index in [2.05, 4.69) is 10.4 Å². The highest BCUT2D eigenvalue weighted by Crippen LogP contribution is 2.10. The summed E-state index contributed by atoms with van der Waals surface area (Å²) in [7, 11) is 1.80.